The van der Waals surface area contributed by atoms with Gasteiger partial charge in [-0.3, -0.25) is 4.90 Å². The van der Waals surface area contributed by atoms with Gasteiger partial charge in [-0.15, -0.1) is 0 Å². The molecular formula is C17H30N2OS. The van der Waals surface area contributed by atoms with Crippen LogP contribution in [-0.4, -0.2) is 59.8 Å². The van der Waals surface area contributed by atoms with Crippen molar-refractivity contribution in [1.82, 2.24) is 10.2 Å². The number of thioether (sulfide) groups is 1. The van der Waals surface area contributed by atoms with E-state index in [1.165, 1.54) is 82.5 Å². The first-order chi connectivity index (χ1) is 10.3. The van der Waals surface area contributed by atoms with Crippen LogP contribution in [0.3, 0.4) is 0 Å². The molecule has 4 aliphatic rings. The lowest BCUT2D eigenvalue weighted by Crippen LogP contribution is -2.66. The molecule has 3 heterocycles. The zero-order valence-electron chi connectivity index (χ0n) is 13.2. The van der Waals surface area contributed by atoms with E-state index in [-0.39, 0.29) is 5.60 Å². The van der Waals surface area contributed by atoms with Crippen LogP contribution in [0.25, 0.3) is 0 Å². The summed E-state index contributed by atoms with van der Waals surface area (Å²) in [7, 11) is 0. The van der Waals surface area contributed by atoms with Crippen LogP contribution in [-0.2, 0) is 4.74 Å². The lowest BCUT2D eigenvalue weighted by atomic mass is 9.76. The molecule has 0 aromatic rings. The van der Waals surface area contributed by atoms with Gasteiger partial charge in [-0.05, 0) is 37.9 Å². The van der Waals surface area contributed by atoms with Gasteiger partial charge in [0.1, 0.15) is 0 Å². The van der Waals surface area contributed by atoms with E-state index in [9.17, 15) is 0 Å². The molecule has 4 fully saturated rings. The Bertz CT molecular complexity index is 356. The quantitative estimate of drug-likeness (QED) is 0.805. The molecule has 0 aromatic heterocycles. The summed E-state index contributed by atoms with van der Waals surface area (Å²) in [5, 5.41) is 3.70. The van der Waals surface area contributed by atoms with Gasteiger partial charge in [0.15, 0.2) is 0 Å². The van der Waals surface area contributed by atoms with Crippen LogP contribution < -0.4 is 5.32 Å². The fourth-order valence-corrected chi connectivity index (χ4v) is 6.61. The standard InChI is InChI=1S/C17H30N2OS/c1-2-5-16(6-3-1)13-18-8-9-19(16)15-4-10-20-17(12-15)7-11-21-14-17/h15,18H,1-14H2. The molecule has 0 radical (unpaired) electrons. The second-order valence-corrected chi connectivity index (χ2v) is 8.74. The van der Waals surface area contributed by atoms with Crippen molar-refractivity contribution in [3.8, 4) is 0 Å². The number of hydrogen-bond acceptors (Lipinski definition) is 4. The summed E-state index contributed by atoms with van der Waals surface area (Å²) in [5.74, 6) is 2.54. The largest absolute Gasteiger partial charge is 0.374 e. The van der Waals surface area contributed by atoms with Gasteiger partial charge in [-0.25, -0.2) is 0 Å². The lowest BCUT2D eigenvalue weighted by molar-refractivity contribution is -0.116. The van der Waals surface area contributed by atoms with Crippen molar-refractivity contribution in [3.63, 3.8) is 0 Å². The average molecular weight is 311 g/mol. The van der Waals surface area contributed by atoms with Crippen LogP contribution in [0.4, 0.5) is 0 Å². The number of hydrogen-bond donors (Lipinski definition) is 1. The normalized spacial score (nSPS) is 40.9. The first-order valence-corrected chi connectivity index (χ1v) is 10.2. The van der Waals surface area contributed by atoms with E-state index in [4.69, 9.17) is 4.74 Å². The van der Waals surface area contributed by atoms with Crippen LogP contribution in [0.1, 0.15) is 51.4 Å². The summed E-state index contributed by atoms with van der Waals surface area (Å²) >= 11 is 2.10. The molecule has 0 amide bonds. The number of ether oxygens (including phenoxy) is 1. The molecular weight excluding hydrogens is 280 g/mol. The summed E-state index contributed by atoms with van der Waals surface area (Å²) in [6, 6.07) is 0.776. The molecule has 0 bridgehead atoms. The first-order valence-electron chi connectivity index (χ1n) is 9.01. The maximum atomic E-state index is 6.26. The molecule has 2 unspecified atom stereocenters. The van der Waals surface area contributed by atoms with Crippen molar-refractivity contribution in [2.75, 3.05) is 37.7 Å². The maximum Gasteiger partial charge on any atom is 0.0795 e. The topological polar surface area (TPSA) is 24.5 Å². The highest BCUT2D eigenvalue weighted by Crippen LogP contribution is 2.43. The second kappa shape index (κ2) is 6.03. The van der Waals surface area contributed by atoms with Crippen molar-refractivity contribution < 1.29 is 4.74 Å². The number of nitrogens with zero attached hydrogens (tertiary/aromatic N) is 1. The molecule has 4 rings (SSSR count). The highest BCUT2D eigenvalue weighted by molar-refractivity contribution is 7.99. The average Bonchev–Trinajstić information content (AvgIpc) is 2.96. The molecule has 0 aromatic carbocycles. The van der Waals surface area contributed by atoms with Gasteiger partial charge in [0, 0.05) is 43.6 Å². The van der Waals surface area contributed by atoms with Crippen molar-refractivity contribution in [1.29, 1.82) is 0 Å². The molecule has 2 atom stereocenters. The fraction of sp³-hybridized carbons (Fsp3) is 1.00. The van der Waals surface area contributed by atoms with Gasteiger partial charge < -0.3 is 10.1 Å². The maximum absolute atomic E-state index is 6.26. The van der Waals surface area contributed by atoms with Gasteiger partial charge in [0.05, 0.1) is 5.60 Å². The molecule has 21 heavy (non-hydrogen) atoms. The van der Waals surface area contributed by atoms with Crippen LogP contribution >= 0.6 is 11.8 Å². The van der Waals surface area contributed by atoms with E-state index < -0.39 is 0 Å². The molecule has 4 heteroatoms. The monoisotopic (exact) mass is 310 g/mol. The van der Waals surface area contributed by atoms with Gasteiger partial charge >= 0.3 is 0 Å². The smallest absolute Gasteiger partial charge is 0.0795 e. The van der Waals surface area contributed by atoms with Crippen molar-refractivity contribution in [2.24, 2.45) is 0 Å². The third-order valence-corrected chi connectivity index (χ3v) is 7.57. The highest BCUT2D eigenvalue weighted by atomic mass is 32.2. The fourth-order valence-electron chi connectivity index (χ4n) is 5.23. The molecule has 1 saturated carbocycles. The van der Waals surface area contributed by atoms with Crippen molar-refractivity contribution in [2.45, 2.75) is 68.5 Å². The zero-order chi connectivity index (χ0) is 14.2. The Labute approximate surface area is 133 Å². The summed E-state index contributed by atoms with van der Waals surface area (Å²) in [5.41, 5.74) is 0.708. The summed E-state index contributed by atoms with van der Waals surface area (Å²) in [6.07, 6.45) is 11.0. The molecule has 3 aliphatic heterocycles. The Morgan fingerprint density at radius 2 is 2.05 bits per heavy atom. The molecule has 120 valence electrons. The Morgan fingerprint density at radius 1 is 1.14 bits per heavy atom. The summed E-state index contributed by atoms with van der Waals surface area (Å²) in [6.45, 7) is 4.66. The van der Waals surface area contributed by atoms with E-state index >= 15 is 0 Å². The Kier molecular flexibility index (Phi) is 4.25. The predicted octanol–water partition coefficient (Wildman–Crippen LogP) is 2.65. The SMILES string of the molecule is C1CCC2(CC1)CNCCN2C1CCOC2(CCSC2)C1. The van der Waals surface area contributed by atoms with Crippen molar-refractivity contribution in [3.05, 3.63) is 0 Å². The third kappa shape index (κ3) is 2.77. The summed E-state index contributed by atoms with van der Waals surface area (Å²) < 4.78 is 6.26. The first kappa shape index (κ1) is 14.8. The minimum Gasteiger partial charge on any atom is -0.374 e. The van der Waals surface area contributed by atoms with E-state index in [2.05, 4.69) is 22.0 Å². The lowest BCUT2D eigenvalue weighted by Gasteiger charge is -2.55. The van der Waals surface area contributed by atoms with Gasteiger partial charge in [0.2, 0.25) is 0 Å². The Balaban J connectivity index is 1.52. The Morgan fingerprint density at radius 3 is 2.86 bits per heavy atom. The Hall–Kier alpha value is 0.230. The molecule has 3 nitrogen and oxygen atoms in total. The highest BCUT2D eigenvalue weighted by Gasteiger charge is 2.48. The van der Waals surface area contributed by atoms with Gasteiger partial charge in [-0.1, -0.05) is 19.3 Å². The third-order valence-electron chi connectivity index (χ3n) is 6.35. The van der Waals surface area contributed by atoms with Crippen LogP contribution in [0, 0.1) is 0 Å². The van der Waals surface area contributed by atoms with Crippen LogP contribution in [0.2, 0.25) is 0 Å². The van der Waals surface area contributed by atoms with Gasteiger partial charge in [0.25, 0.3) is 0 Å². The molecule has 1 N–H and O–H groups in total. The minimum atomic E-state index is 0.230. The molecule has 3 saturated heterocycles. The minimum absolute atomic E-state index is 0.230. The van der Waals surface area contributed by atoms with E-state index in [1.54, 1.807) is 0 Å². The predicted molar refractivity (Wildman–Crippen MR) is 89.0 cm³/mol. The molecule has 2 spiro atoms. The van der Waals surface area contributed by atoms with E-state index in [0.29, 0.717) is 5.54 Å². The molecule has 1 aliphatic carbocycles. The van der Waals surface area contributed by atoms with E-state index in [0.717, 1.165) is 12.6 Å². The van der Waals surface area contributed by atoms with Crippen LogP contribution in [0.5, 0.6) is 0 Å². The van der Waals surface area contributed by atoms with Gasteiger partial charge in [-0.2, -0.15) is 11.8 Å². The second-order valence-electron chi connectivity index (χ2n) is 7.64. The van der Waals surface area contributed by atoms with Crippen LogP contribution in [0.15, 0.2) is 0 Å². The number of piperazine rings is 1. The van der Waals surface area contributed by atoms with E-state index in [1.807, 2.05) is 0 Å². The number of nitrogens with one attached hydrogen (secondary N) is 1. The summed E-state index contributed by atoms with van der Waals surface area (Å²) in [4.78, 5) is 2.94. The zero-order valence-corrected chi connectivity index (χ0v) is 14.1. The number of rotatable bonds is 1. The van der Waals surface area contributed by atoms with Crippen molar-refractivity contribution >= 4 is 11.8 Å².